The van der Waals surface area contributed by atoms with E-state index in [1.807, 2.05) is 49.4 Å². The summed E-state index contributed by atoms with van der Waals surface area (Å²) in [6.07, 6.45) is 3.33. The number of amides is 1. The van der Waals surface area contributed by atoms with Crippen molar-refractivity contribution >= 4 is 11.7 Å². The van der Waals surface area contributed by atoms with Gasteiger partial charge in [0.25, 0.3) is 5.91 Å². The third-order valence-corrected chi connectivity index (χ3v) is 4.76. The molecule has 1 fully saturated rings. The molecule has 2 aromatic heterocycles. The number of aryl methyl sites for hydroxylation is 1. The summed E-state index contributed by atoms with van der Waals surface area (Å²) in [7, 11) is 0. The average Bonchev–Trinajstić information content (AvgIpc) is 3.23. The Hall–Kier alpha value is -3.19. The second-order valence-corrected chi connectivity index (χ2v) is 6.73. The normalized spacial score (nSPS) is 14.1. The molecule has 1 amide bonds. The second kappa shape index (κ2) is 8.22. The van der Waals surface area contributed by atoms with Crippen LogP contribution in [0.25, 0.3) is 5.69 Å². The Morgan fingerprint density at radius 1 is 1.14 bits per heavy atom. The van der Waals surface area contributed by atoms with Gasteiger partial charge in [-0.3, -0.25) is 4.79 Å². The third-order valence-electron chi connectivity index (χ3n) is 4.76. The van der Waals surface area contributed by atoms with Crippen molar-refractivity contribution < 1.29 is 9.53 Å². The number of nitrogens with zero attached hydrogens (tertiary/aromatic N) is 4. The van der Waals surface area contributed by atoms with Crippen molar-refractivity contribution in [2.75, 3.05) is 31.2 Å². The van der Waals surface area contributed by atoms with E-state index in [0.717, 1.165) is 35.9 Å². The highest BCUT2D eigenvalue weighted by Gasteiger charge is 2.14. The number of morpholine rings is 1. The van der Waals surface area contributed by atoms with Crippen LogP contribution in [-0.2, 0) is 11.3 Å². The van der Waals surface area contributed by atoms with Gasteiger partial charge in [0.05, 0.1) is 42.9 Å². The number of benzene rings is 1. The minimum absolute atomic E-state index is 0.168. The molecule has 144 valence electrons. The van der Waals surface area contributed by atoms with Gasteiger partial charge in [-0.2, -0.15) is 5.10 Å². The zero-order chi connectivity index (χ0) is 19.3. The van der Waals surface area contributed by atoms with E-state index in [9.17, 15) is 4.79 Å². The molecule has 1 aromatic carbocycles. The molecule has 0 saturated carbocycles. The average molecular weight is 377 g/mol. The minimum Gasteiger partial charge on any atom is -0.378 e. The molecule has 3 heterocycles. The summed E-state index contributed by atoms with van der Waals surface area (Å²) in [6.45, 7) is 5.49. The predicted octanol–water partition coefficient (Wildman–Crippen LogP) is 2.34. The van der Waals surface area contributed by atoms with Gasteiger partial charge in [0.1, 0.15) is 5.82 Å². The van der Waals surface area contributed by atoms with Crippen molar-refractivity contribution in [1.82, 2.24) is 20.1 Å². The number of carbonyl (C=O) groups is 1. The number of nitrogens with one attached hydrogen (secondary N) is 1. The van der Waals surface area contributed by atoms with Crippen LogP contribution in [0.1, 0.15) is 21.6 Å². The molecule has 7 heteroatoms. The summed E-state index contributed by atoms with van der Waals surface area (Å²) >= 11 is 0. The van der Waals surface area contributed by atoms with Crippen molar-refractivity contribution in [3.8, 4) is 5.69 Å². The molecule has 1 saturated heterocycles. The highest BCUT2D eigenvalue weighted by molar-refractivity contribution is 5.93. The molecule has 0 bridgehead atoms. The van der Waals surface area contributed by atoms with Gasteiger partial charge >= 0.3 is 0 Å². The first-order valence-corrected chi connectivity index (χ1v) is 9.38. The van der Waals surface area contributed by atoms with Gasteiger partial charge in [0, 0.05) is 19.3 Å². The summed E-state index contributed by atoms with van der Waals surface area (Å²) in [5, 5.41) is 7.25. The van der Waals surface area contributed by atoms with Gasteiger partial charge in [-0.15, -0.1) is 0 Å². The van der Waals surface area contributed by atoms with Crippen LogP contribution in [0.15, 0.2) is 54.9 Å². The topological polar surface area (TPSA) is 72.3 Å². The number of aromatic nitrogens is 3. The molecule has 1 aliphatic heterocycles. The molecule has 0 aliphatic carbocycles. The molecule has 0 unspecified atom stereocenters. The molecule has 7 nitrogen and oxygen atoms in total. The molecule has 0 spiro atoms. The summed E-state index contributed by atoms with van der Waals surface area (Å²) in [5.74, 6) is 0.751. The van der Waals surface area contributed by atoms with Crippen molar-refractivity contribution in [3.05, 3.63) is 71.7 Å². The fourth-order valence-corrected chi connectivity index (χ4v) is 3.20. The molecule has 3 aromatic rings. The lowest BCUT2D eigenvalue weighted by Gasteiger charge is -2.28. The predicted molar refractivity (Wildman–Crippen MR) is 107 cm³/mol. The maximum Gasteiger partial charge on any atom is 0.254 e. The molecular formula is C21H23N5O2. The van der Waals surface area contributed by atoms with Gasteiger partial charge in [-0.25, -0.2) is 9.67 Å². The second-order valence-electron chi connectivity index (χ2n) is 6.73. The zero-order valence-electron chi connectivity index (χ0n) is 15.8. The maximum absolute atomic E-state index is 12.5. The zero-order valence-corrected chi connectivity index (χ0v) is 15.8. The monoisotopic (exact) mass is 377 g/mol. The number of pyridine rings is 1. The molecule has 0 atom stereocenters. The summed E-state index contributed by atoms with van der Waals surface area (Å²) < 4.78 is 7.11. The third kappa shape index (κ3) is 4.04. The highest BCUT2D eigenvalue weighted by Crippen LogP contribution is 2.14. The first-order valence-electron chi connectivity index (χ1n) is 9.38. The van der Waals surface area contributed by atoms with Gasteiger partial charge < -0.3 is 15.0 Å². The summed E-state index contributed by atoms with van der Waals surface area (Å²) in [6, 6.07) is 13.8. The Kier molecular flexibility index (Phi) is 5.34. The van der Waals surface area contributed by atoms with Crippen LogP contribution in [0, 0.1) is 6.92 Å². The van der Waals surface area contributed by atoms with E-state index in [-0.39, 0.29) is 5.91 Å². The quantitative estimate of drug-likeness (QED) is 0.739. The van der Waals surface area contributed by atoms with E-state index < -0.39 is 0 Å². The Morgan fingerprint density at radius 2 is 1.96 bits per heavy atom. The molecule has 0 radical (unpaired) electrons. The SMILES string of the molecule is Cc1ccccc1-n1cc(C(=O)NCc2cccc(N3CCOCC3)n2)cn1. The van der Waals surface area contributed by atoms with Crippen molar-refractivity contribution in [3.63, 3.8) is 0 Å². The molecule has 1 aliphatic rings. The first kappa shape index (κ1) is 18.2. The number of para-hydroxylation sites is 1. The van der Waals surface area contributed by atoms with Crippen molar-refractivity contribution in [1.29, 1.82) is 0 Å². The highest BCUT2D eigenvalue weighted by atomic mass is 16.5. The van der Waals surface area contributed by atoms with Crippen molar-refractivity contribution in [2.45, 2.75) is 13.5 Å². The van der Waals surface area contributed by atoms with E-state index in [4.69, 9.17) is 4.74 Å². The Labute approximate surface area is 164 Å². The molecule has 4 rings (SSSR count). The van der Waals surface area contributed by atoms with Crippen LogP contribution >= 0.6 is 0 Å². The van der Waals surface area contributed by atoms with Crippen LogP contribution < -0.4 is 10.2 Å². The van der Waals surface area contributed by atoms with Crippen LogP contribution in [0.5, 0.6) is 0 Å². The van der Waals surface area contributed by atoms with E-state index >= 15 is 0 Å². The summed E-state index contributed by atoms with van der Waals surface area (Å²) in [5.41, 5.74) is 3.40. The lowest BCUT2D eigenvalue weighted by atomic mass is 10.2. The van der Waals surface area contributed by atoms with Gasteiger partial charge in [-0.05, 0) is 30.7 Å². The van der Waals surface area contributed by atoms with Crippen LogP contribution in [0.2, 0.25) is 0 Å². The van der Waals surface area contributed by atoms with Gasteiger partial charge in [0.2, 0.25) is 0 Å². The number of anilines is 1. The Bertz CT molecular complexity index is 963. The lowest BCUT2D eigenvalue weighted by molar-refractivity contribution is 0.0950. The fourth-order valence-electron chi connectivity index (χ4n) is 3.20. The Morgan fingerprint density at radius 3 is 2.79 bits per heavy atom. The largest absolute Gasteiger partial charge is 0.378 e. The smallest absolute Gasteiger partial charge is 0.254 e. The van der Waals surface area contributed by atoms with Crippen LogP contribution in [0.4, 0.5) is 5.82 Å². The van der Waals surface area contributed by atoms with Crippen molar-refractivity contribution in [2.24, 2.45) is 0 Å². The van der Waals surface area contributed by atoms with Gasteiger partial charge in [0.15, 0.2) is 0 Å². The number of rotatable bonds is 5. The first-order chi connectivity index (χ1) is 13.7. The molecule has 1 N–H and O–H groups in total. The summed E-state index contributed by atoms with van der Waals surface area (Å²) in [4.78, 5) is 19.4. The number of hydrogen-bond donors (Lipinski definition) is 1. The molecular weight excluding hydrogens is 354 g/mol. The van der Waals surface area contributed by atoms with E-state index in [1.165, 1.54) is 0 Å². The Balaban J connectivity index is 1.40. The van der Waals surface area contributed by atoms with E-state index in [1.54, 1.807) is 17.1 Å². The molecule has 28 heavy (non-hydrogen) atoms. The lowest BCUT2D eigenvalue weighted by Crippen LogP contribution is -2.37. The van der Waals surface area contributed by atoms with Crippen LogP contribution in [0.3, 0.4) is 0 Å². The minimum atomic E-state index is -0.168. The van der Waals surface area contributed by atoms with Crippen LogP contribution in [-0.4, -0.2) is 47.0 Å². The number of hydrogen-bond acceptors (Lipinski definition) is 5. The maximum atomic E-state index is 12.5. The van der Waals surface area contributed by atoms with Gasteiger partial charge in [-0.1, -0.05) is 24.3 Å². The van der Waals surface area contributed by atoms with E-state index in [2.05, 4.69) is 20.3 Å². The number of carbonyl (C=O) groups excluding carboxylic acids is 1. The van der Waals surface area contributed by atoms with E-state index in [0.29, 0.717) is 25.3 Å². The standard InChI is InChI=1S/C21H23N5O2/c1-16-5-2-3-7-19(16)26-15-17(13-23-26)21(27)22-14-18-6-4-8-20(24-18)25-9-11-28-12-10-25/h2-8,13,15H,9-12,14H2,1H3,(H,22,27). The number of ether oxygens (including phenoxy) is 1. The fraction of sp³-hybridized carbons (Fsp3) is 0.286.